The van der Waals surface area contributed by atoms with Crippen LogP contribution in [0.25, 0.3) is 0 Å². The maximum Gasteiger partial charge on any atom is 0.503 e. The van der Waals surface area contributed by atoms with Crippen LogP contribution in [0.15, 0.2) is 0 Å². The van der Waals surface area contributed by atoms with Crippen molar-refractivity contribution in [3.05, 3.63) is 0 Å². The highest BCUT2D eigenvalue weighted by atomic mass is 35.5. The molecule has 0 spiro atoms. The molecular weight excluding hydrogens is 224 g/mol. The second kappa shape index (κ2) is 8.64. The van der Waals surface area contributed by atoms with Crippen LogP contribution in [0.2, 0.25) is 6.04 Å². The Kier molecular flexibility index (Phi) is 8.85. The summed E-state index contributed by atoms with van der Waals surface area (Å²) in [6.45, 7) is 7.87. The van der Waals surface area contributed by atoms with Crippen LogP contribution in [0, 0.1) is 0 Å². The molecule has 86 valence electrons. The molecule has 0 aliphatic rings. The van der Waals surface area contributed by atoms with Crippen LogP contribution in [-0.4, -0.2) is 35.2 Å². The largest absolute Gasteiger partial charge is 0.503 e. The molecule has 0 aromatic rings. The minimum atomic E-state index is -2.53. The van der Waals surface area contributed by atoms with Gasteiger partial charge in [-0.1, -0.05) is 0 Å². The average molecular weight is 243 g/mol. The molecule has 0 amide bonds. The summed E-state index contributed by atoms with van der Waals surface area (Å²) in [5, 5.41) is 0. The SMILES string of the molecule is CCO[Si](CCOCl)(OCC)OCC. The van der Waals surface area contributed by atoms with Gasteiger partial charge in [0.15, 0.2) is 0 Å². The van der Waals surface area contributed by atoms with Crippen LogP contribution in [0.3, 0.4) is 0 Å². The first-order chi connectivity index (χ1) is 6.74. The van der Waals surface area contributed by atoms with E-state index in [1.165, 1.54) is 0 Å². The second-order valence-electron chi connectivity index (χ2n) is 2.55. The van der Waals surface area contributed by atoms with Crippen LogP contribution in [0.1, 0.15) is 20.8 Å². The number of hydrogen-bond acceptors (Lipinski definition) is 4. The molecule has 0 aromatic heterocycles. The van der Waals surface area contributed by atoms with Gasteiger partial charge in [-0.2, -0.15) is 0 Å². The van der Waals surface area contributed by atoms with E-state index in [9.17, 15) is 0 Å². The third-order valence-corrected chi connectivity index (χ3v) is 4.73. The van der Waals surface area contributed by atoms with Crippen LogP contribution in [0.5, 0.6) is 0 Å². The molecule has 0 radical (unpaired) electrons. The Morgan fingerprint density at radius 1 is 0.929 bits per heavy atom. The molecule has 0 unspecified atom stereocenters. The predicted molar refractivity (Wildman–Crippen MR) is 57.2 cm³/mol. The minimum absolute atomic E-state index is 0.383. The zero-order valence-electron chi connectivity index (χ0n) is 9.05. The molecule has 0 fully saturated rings. The number of rotatable bonds is 9. The van der Waals surface area contributed by atoms with Crippen molar-refractivity contribution in [2.45, 2.75) is 26.8 Å². The molecule has 0 rings (SSSR count). The highest BCUT2D eigenvalue weighted by molar-refractivity contribution is 6.60. The highest BCUT2D eigenvalue weighted by Crippen LogP contribution is 2.16. The van der Waals surface area contributed by atoms with E-state index < -0.39 is 8.80 Å². The van der Waals surface area contributed by atoms with Crippen molar-refractivity contribution in [1.82, 2.24) is 0 Å². The molecule has 0 heterocycles. The van der Waals surface area contributed by atoms with Crippen molar-refractivity contribution in [1.29, 1.82) is 0 Å². The predicted octanol–water partition coefficient (Wildman–Crippen LogP) is 2.21. The van der Waals surface area contributed by atoms with E-state index >= 15 is 0 Å². The molecule has 0 atom stereocenters. The monoisotopic (exact) mass is 242 g/mol. The third kappa shape index (κ3) is 5.28. The Bertz CT molecular complexity index is 119. The molecule has 0 aliphatic carbocycles. The summed E-state index contributed by atoms with van der Waals surface area (Å²) < 4.78 is 21.2. The fourth-order valence-electron chi connectivity index (χ4n) is 1.16. The third-order valence-electron chi connectivity index (χ3n) is 1.58. The van der Waals surface area contributed by atoms with Gasteiger partial charge in [-0.05, 0) is 20.8 Å². The quantitative estimate of drug-likeness (QED) is 0.581. The molecule has 0 saturated carbocycles. The van der Waals surface area contributed by atoms with Crippen LogP contribution in [0.4, 0.5) is 0 Å². The molecule has 14 heavy (non-hydrogen) atoms. The van der Waals surface area contributed by atoms with Gasteiger partial charge in [0.05, 0.1) is 18.5 Å². The van der Waals surface area contributed by atoms with E-state index in [1.807, 2.05) is 20.8 Å². The summed E-state index contributed by atoms with van der Waals surface area (Å²) in [4.78, 5) is 0. The molecule has 0 aromatic carbocycles. The Hall–Kier alpha value is 0.347. The van der Waals surface area contributed by atoms with Gasteiger partial charge in [0.1, 0.15) is 0 Å². The zero-order valence-corrected chi connectivity index (χ0v) is 10.8. The van der Waals surface area contributed by atoms with Gasteiger partial charge in [0.2, 0.25) is 0 Å². The fraction of sp³-hybridized carbons (Fsp3) is 1.00. The summed E-state index contributed by atoms with van der Waals surface area (Å²) in [6, 6.07) is 0.589. The molecule has 0 bridgehead atoms. The Balaban J connectivity index is 4.21. The van der Waals surface area contributed by atoms with E-state index in [4.69, 9.17) is 25.1 Å². The van der Waals surface area contributed by atoms with Gasteiger partial charge in [-0.3, -0.25) is 4.29 Å². The molecule has 4 nitrogen and oxygen atoms in total. The molecule has 0 aliphatic heterocycles. The maximum atomic E-state index is 5.57. The summed E-state index contributed by atoms with van der Waals surface area (Å²) in [7, 11) is -2.53. The van der Waals surface area contributed by atoms with Crippen molar-refractivity contribution in [2.24, 2.45) is 0 Å². The first-order valence-electron chi connectivity index (χ1n) is 4.90. The lowest BCUT2D eigenvalue weighted by molar-refractivity contribution is 0.0679. The van der Waals surface area contributed by atoms with E-state index in [2.05, 4.69) is 4.29 Å². The standard InChI is InChI=1S/C8H19ClO4Si/c1-4-11-14(12-5-2,13-6-3)8-7-10-9/h4-8H2,1-3H3. The summed E-state index contributed by atoms with van der Waals surface area (Å²) in [5.41, 5.74) is 0. The van der Waals surface area contributed by atoms with Crippen molar-refractivity contribution < 1.29 is 17.6 Å². The van der Waals surface area contributed by atoms with Crippen molar-refractivity contribution in [3.63, 3.8) is 0 Å². The van der Waals surface area contributed by atoms with Gasteiger partial charge in [0, 0.05) is 25.9 Å². The lowest BCUT2D eigenvalue weighted by atomic mass is 10.9. The minimum Gasteiger partial charge on any atom is -0.374 e. The van der Waals surface area contributed by atoms with Gasteiger partial charge >= 0.3 is 8.80 Å². The molecular formula is C8H19ClO4Si. The molecule has 0 saturated heterocycles. The van der Waals surface area contributed by atoms with E-state index in [1.54, 1.807) is 0 Å². The molecule has 0 N–H and O–H groups in total. The van der Waals surface area contributed by atoms with Crippen molar-refractivity contribution >= 4 is 20.7 Å². The summed E-state index contributed by atoms with van der Waals surface area (Å²) >= 11 is 5.16. The van der Waals surface area contributed by atoms with Gasteiger partial charge in [-0.15, -0.1) is 0 Å². The van der Waals surface area contributed by atoms with Gasteiger partial charge in [0.25, 0.3) is 0 Å². The number of halogens is 1. The lowest BCUT2D eigenvalue weighted by Gasteiger charge is -2.27. The second-order valence-corrected chi connectivity index (χ2v) is 5.50. The zero-order chi connectivity index (χ0) is 10.9. The summed E-state index contributed by atoms with van der Waals surface area (Å²) in [6.07, 6.45) is 0. The Labute approximate surface area is 92.0 Å². The molecule has 6 heteroatoms. The number of hydrogen-bond donors (Lipinski definition) is 0. The first kappa shape index (κ1) is 14.3. The van der Waals surface area contributed by atoms with Crippen LogP contribution >= 0.6 is 11.9 Å². The first-order valence-corrected chi connectivity index (χ1v) is 7.14. The van der Waals surface area contributed by atoms with E-state index in [0.29, 0.717) is 32.5 Å². The summed E-state index contributed by atoms with van der Waals surface area (Å²) in [5.74, 6) is 0. The normalized spacial score (nSPS) is 12.0. The van der Waals surface area contributed by atoms with Gasteiger partial charge in [-0.25, -0.2) is 0 Å². The Morgan fingerprint density at radius 3 is 1.64 bits per heavy atom. The Morgan fingerprint density at radius 2 is 1.36 bits per heavy atom. The lowest BCUT2D eigenvalue weighted by Crippen LogP contribution is -2.46. The van der Waals surface area contributed by atoms with Gasteiger partial charge < -0.3 is 13.3 Å². The van der Waals surface area contributed by atoms with Crippen molar-refractivity contribution in [3.8, 4) is 0 Å². The highest BCUT2D eigenvalue weighted by Gasteiger charge is 2.39. The topological polar surface area (TPSA) is 36.9 Å². The fourth-order valence-corrected chi connectivity index (χ4v) is 3.73. The van der Waals surface area contributed by atoms with E-state index in [-0.39, 0.29) is 0 Å². The maximum absolute atomic E-state index is 5.57. The van der Waals surface area contributed by atoms with Crippen LogP contribution in [-0.2, 0) is 17.6 Å². The van der Waals surface area contributed by atoms with E-state index in [0.717, 1.165) is 0 Å². The average Bonchev–Trinajstić information content (AvgIpc) is 2.16. The van der Waals surface area contributed by atoms with Crippen molar-refractivity contribution in [2.75, 3.05) is 26.4 Å². The van der Waals surface area contributed by atoms with Crippen LogP contribution < -0.4 is 0 Å². The smallest absolute Gasteiger partial charge is 0.374 e.